The summed E-state index contributed by atoms with van der Waals surface area (Å²) in [6.45, 7) is 1.77. The maximum atomic E-state index is 12.8. The van der Waals surface area contributed by atoms with Gasteiger partial charge in [0, 0.05) is 5.56 Å². The minimum Gasteiger partial charge on any atom is -0.458 e. The van der Waals surface area contributed by atoms with Crippen LogP contribution < -0.4 is 0 Å². The number of benzene rings is 1. The van der Waals surface area contributed by atoms with Gasteiger partial charge in [-0.3, -0.25) is 0 Å². The molecule has 1 unspecified atom stereocenters. The molecule has 1 atom stereocenters. The van der Waals surface area contributed by atoms with Crippen LogP contribution >= 0.6 is 11.6 Å². The third-order valence-electron chi connectivity index (χ3n) is 2.90. The van der Waals surface area contributed by atoms with Gasteiger partial charge in [0.25, 0.3) is 0 Å². The molecule has 1 aromatic heterocycles. The van der Waals surface area contributed by atoms with Gasteiger partial charge in [-0.1, -0.05) is 18.5 Å². The van der Waals surface area contributed by atoms with Crippen molar-refractivity contribution in [3.63, 3.8) is 0 Å². The van der Waals surface area contributed by atoms with E-state index in [0.717, 1.165) is 6.07 Å². The molecular formula is C14H12ClF3O2. The summed E-state index contributed by atoms with van der Waals surface area (Å²) in [7, 11) is 0. The highest BCUT2D eigenvalue weighted by atomic mass is 35.5. The average Bonchev–Trinajstić information content (AvgIpc) is 2.86. The van der Waals surface area contributed by atoms with Gasteiger partial charge in [-0.25, -0.2) is 0 Å². The van der Waals surface area contributed by atoms with E-state index in [2.05, 4.69) is 0 Å². The molecular weight excluding hydrogens is 293 g/mol. The summed E-state index contributed by atoms with van der Waals surface area (Å²) < 4.78 is 43.7. The van der Waals surface area contributed by atoms with Crippen LogP contribution in [0.5, 0.6) is 0 Å². The van der Waals surface area contributed by atoms with Crippen molar-refractivity contribution in [3.05, 3.63) is 46.7 Å². The lowest BCUT2D eigenvalue weighted by atomic mass is 10.1. The second-order valence-corrected chi connectivity index (χ2v) is 4.73. The van der Waals surface area contributed by atoms with Crippen molar-refractivity contribution in [2.45, 2.75) is 25.6 Å². The summed E-state index contributed by atoms with van der Waals surface area (Å²) >= 11 is 5.56. The summed E-state index contributed by atoms with van der Waals surface area (Å²) in [6.07, 6.45) is -4.83. The first-order valence-corrected chi connectivity index (χ1v) is 6.35. The monoisotopic (exact) mass is 304 g/mol. The van der Waals surface area contributed by atoms with E-state index >= 15 is 0 Å². The molecule has 0 amide bonds. The van der Waals surface area contributed by atoms with Crippen LogP contribution in [0, 0.1) is 0 Å². The van der Waals surface area contributed by atoms with Gasteiger partial charge >= 0.3 is 6.18 Å². The van der Waals surface area contributed by atoms with Crippen molar-refractivity contribution in [1.82, 2.24) is 0 Å². The smallest absolute Gasteiger partial charge is 0.417 e. The largest absolute Gasteiger partial charge is 0.458 e. The maximum absolute atomic E-state index is 12.8. The Labute approximate surface area is 118 Å². The molecule has 0 aliphatic carbocycles. The molecule has 0 aliphatic heterocycles. The number of alkyl halides is 3. The number of hydrogen-bond acceptors (Lipinski definition) is 2. The van der Waals surface area contributed by atoms with Crippen LogP contribution in [0.4, 0.5) is 13.2 Å². The second kappa shape index (κ2) is 5.50. The Balaban J connectivity index is 2.41. The minimum atomic E-state index is -4.52. The van der Waals surface area contributed by atoms with Gasteiger partial charge in [-0.15, -0.1) is 0 Å². The van der Waals surface area contributed by atoms with Gasteiger partial charge in [0.15, 0.2) is 0 Å². The highest BCUT2D eigenvalue weighted by molar-refractivity contribution is 6.31. The van der Waals surface area contributed by atoms with E-state index in [0.29, 0.717) is 12.2 Å². The second-order valence-electron chi connectivity index (χ2n) is 4.32. The Hall–Kier alpha value is -1.46. The van der Waals surface area contributed by atoms with Gasteiger partial charge in [0.05, 0.1) is 10.6 Å². The molecule has 1 N–H and O–H groups in total. The predicted molar refractivity (Wildman–Crippen MR) is 69.4 cm³/mol. The van der Waals surface area contributed by atoms with Crippen LogP contribution in [0.3, 0.4) is 0 Å². The zero-order valence-electron chi connectivity index (χ0n) is 10.5. The topological polar surface area (TPSA) is 33.4 Å². The van der Waals surface area contributed by atoms with E-state index in [1.165, 1.54) is 18.2 Å². The van der Waals surface area contributed by atoms with Crippen LogP contribution in [-0.2, 0) is 6.18 Å². The Kier molecular flexibility index (Phi) is 4.11. The van der Waals surface area contributed by atoms with Gasteiger partial charge in [0.1, 0.15) is 17.6 Å². The summed E-state index contributed by atoms with van der Waals surface area (Å²) in [5.74, 6) is 0.584. The molecule has 6 heteroatoms. The van der Waals surface area contributed by atoms with Gasteiger partial charge in [-0.2, -0.15) is 13.2 Å². The zero-order chi connectivity index (χ0) is 14.9. The lowest BCUT2D eigenvalue weighted by molar-refractivity contribution is -0.137. The highest BCUT2D eigenvalue weighted by Gasteiger charge is 2.33. The predicted octanol–water partition coefficient (Wildman–Crippen LogP) is 5.06. The minimum absolute atomic E-state index is 0.259. The number of rotatable bonds is 3. The van der Waals surface area contributed by atoms with E-state index in [-0.39, 0.29) is 16.3 Å². The van der Waals surface area contributed by atoms with Gasteiger partial charge < -0.3 is 9.52 Å². The summed E-state index contributed by atoms with van der Waals surface area (Å²) in [5.41, 5.74) is -0.651. The van der Waals surface area contributed by atoms with Gasteiger partial charge in [0.2, 0.25) is 0 Å². The lowest BCUT2D eigenvalue weighted by Gasteiger charge is -2.10. The Bertz CT molecular complexity index is 605. The fourth-order valence-corrected chi connectivity index (χ4v) is 2.01. The number of hydrogen-bond donors (Lipinski definition) is 1. The molecule has 1 heterocycles. The molecule has 108 valence electrons. The van der Waals surface area contributed by atoms with E-state index in [9.17, 15) is 18.3 Å². The fourth-order valence-electron chi connectivity index (χ4n) is 1.78. The standard InChI is InChI=1S/C14H12ClF3O2/c1-2-11(19)13-6-5-12(20-13)8-3-4-10(15)9(7-8)14(16,17)18/h3-7,11,19H,2H2,1H3. The molecule has 0 saturated carbocycles. The first-order chi connectivity index (χ1) is 9.32. The van der Waals surface area contributed by atoms with Crippen LogP contribution in [-0.4, -0.2) is 5.11 Å². The normalized spacial score (nSPS) is 13.5. The molecule has 0 bridgehead atoms. The van der Waals surface area contributed by atoms with Crippen molar-refractivity contribution < 1.29 is 22.7 Å². The lowest BCUT2D eigenvalue weighted by Crippen LogP contribution is -2.05. The molecule has 0 saturated heterocycles. The molecule has 0 radical (unpaired) electrons. The molecule has 20 heavy (non-hydrogen) atoms. The molecule has 2 rings (SSSR count). The Morgan fingerprint density at radius 1 is 1.25 bits per heavy atom. The molecule has 0 spiro atoms. The van der Waals surface area contributed by atoms with Crippen LogP contribution in [0.15, 0.2) is 34.7 Å². The summed E-state index contributed by atoms with van der Waals surface area (Å²) in [6, 6.07) is 6.63. The van der Waals surface area contributed by atoms with Crippen molar-refractivity contribution in [3.8, 4) is 11.3 Å². The zero-order valence-corrected chi connectivity index (χ0v) is 11.3. The third kappa shape index (κ3) is 2.99. The summed E-state index contributed by atoms with van der Waals surface area (Å²) in [5, 5.41) is 9.26. The maximum Gasteiger partial charge on any atom is 0.417 e. The van der Waals surface area contributed by atoms with E-state index in [4.69, 9.17) is 16.0 Å². The number of furan rings is 1. The number of halogens is 4. The highest BCUT2D eigenvalue weighted by Crippen LogP contribution is 2.37. The molecule has 0 aliphatic rings. The Morgan fingerprint density at radius 2 is 1.95 bits per heavy atom. The molecule has 0 fully saturated rings. The van der Waals surface area contributed by atoms with Crippen LogP contribution in [0.1, 0.15) is 30.8 Å². The van der Waals surface area contributed by atoms with E-state index < -0.39 is 17.8 Å². The SMILES string of the molecule is CCC(O)c1ccc(-c2ccc(Cl)c(C(F)(F)F)c2)o1. The van der Waals surface area contributed by atoms with Crippen molar-refractivity contribution in [1.29, 1.82) is 0 Å². The first-order valence-electron chi connectivity index (χ1n) is 5.98. The van der Waals surface area contributed by atoms with Gasteiger partial charge in [-0.05, 0) is 36.8 Å². The van der Waals surface area contributed by atoms with Crippen molar-refractivity contribution in [2.75, 3.05) is 0 Å². The van der Waals surface area contributed by atoms with Crippen molar-refractivity contribution >= 4 is 11.6 Å². The third-order valence-corrected chi connectivity index (χ3v) is 3.23. The van der Waals surface area contributed by atoms with E-state index in [1.54, 1.807) is 13.0 Å². The number of aliphatic hydroxyl groups is 1. The van der Waals surface area contributed by atoms with E-state index in [1.807, 2.05) is 0 Å². The Morgan fingerprint density at radius 3 is 2.55 bits per heavy atom. The molecule has 2 aromatic rings. The van der Waals surface area contributed by atoms with Crippen LogP contribution in [0.2, 0.25) is 5.02 Å². The van der Waals surface area contributed by atoms with Crippen molar-refractivity contribution in [2.24, 2.45) is 0 Å². The average molecular weight is 305 g/mol. The molecule has 2 nitrogen and oxygen atoms in total. The molecule has 1 aromatic carbocycles. The summed E-state index contributed by atoms with van der Waals surface area (Å²) in [4.78, 5) is 0. The van der Waals surface area contributed by atoms with Crippen LogP contribution in [0.25, 0.3) is 11.3 Å². The number of aliphatic hydroxyl groups excluding tert-OH is 1. The fraction of sp³-hybridized carbons (Fsp3) is 0.286. The first kappa shape index (κ1) is 14.9. The quantitative estimate of drug-likeness (QED) is 0.859.